The molecule has 1 aromatic carbocycles. The van der Waals surface area contributed by atoms with Crippen LogP contribution in [-0.4, -0.2) is 28.7 Å². The summed E-state index contributed by atoms with van der Waals surface area (Å²) in [5.41, 5.74) is 6.82. The number of halogens is 1. The number of rotatable bonds is 2. The molecule has 1 unspecified atom stereocenters. The maximum absolute atomic E-state index is 13.9. The number of hydrogen-bond donors (Lipinski definition) is 2. The third-order valence-corrected chi connectivity index (χ3v) is 3.97. The van der Waals surface area contributed by atoms with E-state index in [-0.39, 0.29) is 37.4 Å². The number of carbonyl (C=O) groups excluding carboxylic acids is 3. The van der Waals surface area contributed by atoms with Crippen molar-refractivity contribution in [1.29, 1.82) is 0 Å². The number of nitrogens with one attached hydrogen (secondary N) is 1. The molecule has 2 aliphatic heterocycles. The Morgan fingerprint density at radius 2 is 2.10 bits per heavy atom. The Balaban J connectivity index is 1.95. The van der Waals surface area contributed by atoms with Crippen molar-refractivity contribution < 1.29 is 18.8 Å². The Hall–Kier alpha value is -2.28. The zero-order valence-electron chi connectivity index (χ0n) is 11.2. The van der Waals surface area contributed by atoms with Gasteiger partial charge in [0.25, 0.3) is 5.91 Å². The third-order valence-electron chi connectivity index (χ3n) is 3.97. The molecule has 2 heterocycles. The van der Waals surface area contributed by atoms with Crippen LogP contribution in [0.15, 0.2) is 12.1 Å². The van der Waals surface area contributed by atoms with Gasteiger partial charge in [-0.25, -0.2) is 4.39 Å². The average Bonchev–Trinajstić information content (AvgIpc) is 2.78. The van der Waals surface area contributed by atoms with Gasteiger partial charge in [0.2, 0.25) is 11.8 Å². The Kier molecular flexibility index (Phi) is 3.21. The molecule has 2 aliphatic rings. The van der Waals surface area contributed by atoms with Crippen LogP contribution in [-0.2, 0) is 22.7 Å². The predicted octanol–water partition coefficient (Wildman–Crippen LogP) is 0.0454. The summed E-state index contributed by atoms with van der Waals surface area (Å²) in [5.74, 6) is -1.99. The van der Waals surface area contributed by atoms with Gasteiger partial charge in [-0.2, -0.15) is 0 Å². The molecule has 0 aliphatic carbocycles. The van der Waals surface area contributed by atoms with Crippen LogP contribution < -0.4 is 11.1 Å². The maximum Gasteiger partial charge on any atom is 0.258 e. The molecule has 21 heavy (non-hydrogen) atoms. The Morgan fingerprint density at radius 3 is 2.76 bits per heavy atom. The van der Waals surface area contributed by atoms with Gasteiger partial charge in [-0.3, -0.25) is 19.7 Å². The Bertz CT molecular complexity index is 659. The molecular weight excluding hydrogens is 277 g/mol. The maximum atomic E-state index is 13.9. The van der Waals surface area contributed by atoms with Crippen LogP contribution >= 0.6 is 0 Å². The fourth-order valence-corrected chi connectivity index (χ4v) is 2.88. The lowest BCUT2D eigenvalue weighted by Gasteiger charge is -2.29. The number of imide groups is 1. The molecule has 0 saturated carbocycles. The van der Waals surface area contributed by atoms with E-state index in [4.69, 9.17) is 5.73 Å². The zero-order chi connectivity index (χ0) is 15.1. The molecule has 7 heteroatoms. The van der Waals surface area contributed by atoms with Gasteiger partial charge in [-0.1, -0.05) is 6.07 Å². The molecule has 6 nitrogen and oxygen atoms in total. The predicted molar refractivity (Wildman–Crippen MR) is 70.3 cm³/mol. The van der Waals surface area contributed by atoms with Crippen LogP contribution in [0, 0.1) is 5.82 Å². The fraction of sp³-hybridized carbons (Fsp3) is 0.357. The molecule has 1 saturated heterocycles. The van der Waals surface area contributed by atoms with Gasteiger partial charge in [0.05, 0.1) is 5.56 Å². The van der Waals surface area contributed by atoms with E-state index < -0.39 is 23.7 Å². The van der Waals surface area contributed by atoms with E-state index in [0.717, 1.165) is 0 Å². The number of hydrogen-bond acceptors (Lipinski definition) is 4. The fourth-order valence-electron chi connectivity index (χ4n) is 2.88. The van der Waals surface area contributed by atoms with Crippen LogP contribution in [0.3, 0.4) is 0 Å². The highest BCUT2D eigenvalue weighted by molar-refractivity contribution is 6.05. The highest BCUT2D eigenvalue weighted by Gasteiger charge is 2.41. The molecule has 0 spiro atoms. The van der Waals surface area contributed by atoms with Gasteiger partial charge >= 0.3 is 0 Å². The SMILES string of the molecule is NCc1ccc(F)c2c1CN(C1CCC(=O)NC1=O)C2=O. The van der Waals surface area contributed by atoms with E-state index in [9.17, 15) is 18.8 Å². The first kappa shape index (κ1) is 13.7. The molecule has 110 valence electrons. The summed E-state index contributed by atoms with van der Waals surface area (Å²) in [4.78, 5) is 36.8. The van der Waals surface area contributed by atoms with Crippen LogP contribution in [0.25, 0.3) is 0 Å². The summed E-state index contributed by atoms with van der Waals surface area (Å²) in [5, 5.41) is 2.21. The number of amides is 3. The van der Waals surface area contributed by atoms with Gasteiger partial charge in [0, 0.05) is 19.5 Å². The minimum atomic E-state index is -0.743. The summed E-state index contributed by atoms with van der Waals surface area (Å²) in [6, 6.07) is 2.02. The summed E-state index contributed by atoms with van der Waals surface area (Å²) in [7, 11) is 0. The van der Waals surface area contributed by atoms with E-state index in [0.29, 0.717) is 11.1 Å². The summed E-state index contributed by atoms with van der Waals surface area (Å²) < 4.78 is 13.9. The van der Waals surface area contributed by atoms with Crippen molar-refractivity contribution in [2.45, 2.75) is 32.0 Å². The number of piperidine rings is 1. The largest absolute Gasteiger partial charge is 0.326 e. The highest BCUT2D eigenvalue weighted by atomic mass is 19.1. The topological polar surface area (TPSA) is 92.5 Å². The highest BCUT2D eigenvalue weighted by Crippen LogP contribution is 2.31. The second-order valence-corrected chi connectivity index (χ2v) is 5.16. The van der Waals surface area contributed by atoms with Crippen LogP contribution in [0.1, 0.15) is 34.3 Å². The van der Waals surface area contributed by atoms with Gasteiger partial charge in [0.1, 0.15) is 11.9 Å². The van der Waals surface area contributed by atoms with E-state index in [1.807, 2.05) is 0 Å². The zero-order valence-corrected chi connectivity index (χ0v) is 11.2. The van der Waals surface area contributed by atoms with E-state index >= 15 is 0 Å². The van der Waals surface area contributed by atoms with E-state index in [1.165, 1.54) is 11.0 Å². The van der Waals surface area contributed by atoms with Crippen molar-refractivity contribution in [2.24, 2.45) is 5.73 Å². The smallest absolute Gasteiger partial charge is 0.258 e. The minimum absolute atomic E-state index is 0.0114. The van der Waals surface area contributed by atoms with Gasteiger partial charge in [0.15, 0.2) is 0 Å². The van der Waals surface area contributed by atoms with Crippen molar-refractivity contribution >= 4 is 17.7 Å². The summed E-state index contributed by atoms with van der Waals surface area (Å²) in [6.07, 6.45) is 0.423. The molecule has 3 amide bonds. The number of benzene rings is 1. The van der Waals surface area contributed by atoms with Crippen molar-refractivity contribution in [3.63, 3.8) is 0 Å². The standard InChI is InChI=1S/C14H14FN3O3/c15-9-2-1-7(5-16)8-6-18(14(21)12(8)9)10-3-4-11(19)17-13(10)20/h1-2,10H,3-6,16H2,(H,17,19,20). The van der Waals surface area contributed by atoms with Gasteiger partial charge in [-0.05, 0) is 23.6 Å². The van der Waals surface area contributed by atoms with Crippen molar-refractivity contribution in [2.75, 3.05) is 0 Å². The molecule has 0 radical (unpaired) electrons. The number of fused-ring (bicyclic) bond motifs is 1. The lowest BCUT2D eigenvalue weighted by molar-refractivity contribution is -0.136. The number of nitrogens with two attached hydrogens (primary N) is 1. The lowest BCUT2D eigenvalue weighted by atomic mass is 10.0. The molecule has 1 fully saturated rings. The van der Waals surface area contributed by atoms with Crippen molar-refractivity contribution in [3.8, 4) is 0 Å². The van der Waals surface area contributed by atoms with E-state index in [2.05, 4.69) is 5.32 Å². The molecule has 3 N–H and O–H groups in total. The second kappa shape index (κ2) is 4.92. The minimum Gasteiger partial charge on any atom is -0.326 e. The monoisotopic (exact) mass is 291 g/mol. The molecule has 1 aromatic rings. The lowest BCUT2D eigenvalue weighted by Crippen LogP contribution is -2.52. The first-order valence-corrected chi connectivity index (χ1v) is 6.68. The molecular formula is C14H14FN3O3. The third kappa shape index (κ3) is 2.09. The first-order chi connectivity index (χ1) is 10.0. The van der Waals surface area contributed by atoms with Gasteiger partial charge < -0.3 is 10.6 Å². The second-order valence-electron chi connectivity index (χ2n) is 5.16. The molecule has 0 bridgehead atoms. The van der Waals surface area contributed by atoms with E-state index in [1.54, 1.807) is 6.07 Å². The summed E-state index contributed by atoms with van der Waals surface area (Å²) in [6.45, 7) is 0.337. The van der Waals surface area contributed by atoms with Crippen LogP contribution in [0.5, 0.6) is 0 Å². The first-order valence-electron chi connectivity index (χ1n) is 6.68. The molecule has 3 rings (SSSR count). The van der Waals surface area contributed by atoms with Crippen molar-refractivity contribution in [1.82, 2.24) is 10.2 Å². The Morgan fingerprint density at radius 1 is 1.33 bits per heavy atom. The summed E-state index contributed by atoms with van der Waals surface area (Å²) >= 11 is 0. The Labute approximate surface area is 120 Å². The molecule has 1 atom stereocenters. The normalized spacial score (nSPS) is 21.5. The van der Waals surface area contributed by atoms with Crippen LogP contribution in [0.2, 0.25) is 0 Å². The van der Waals surface area contributed by atoms with Crippen LogP contribution in [0.4, 0.5) is 4.39 Å². The van der Waals surface area contributed by atoms with Crippen molar-refractivity contribution in [3.05, 3.63) is 34.6 Å². The van der Waals surface area contributed by atoms with Gasteiger partial charge in [-0.15, -0.1) is 0 Å². The molecule has 0 aromatic heterocycles. The number of carbonyl (C=O) groups is 3. The quantitative estimate of drug-likeness (QED) is 0.753. The number of nitrogens with zero attached hydrogens (tertiary/aromatic N) is 1. The average molecular weight is 291 g/mol.